The van der Waals surface area contributed by atoms with E-state index in [1.165, 1.54) is 4.88 Å². The first-order valence-corrected chi connectivity index (χ1v) is 12.2. The minimum absolute atomic E-state index is 0.157. The van der Waals surface area contributed by atoms with Crippen molar-refractivity contribution in [3.05, 3.63) is 40.9 Å². The number of benzene rings is 1. The van der Waals surface area contributed by atoms with E-state index in [2.05, 4.69) is 11.9 Å². The highest BCUT2D eigenvalue weighted by atomic mass is 32.2. The molecule has 9 heteroatoms. The van der Waals surface area contributed by atoms with Gasteiger partial charge in [0.15, 0.2) is 11.5 Å². The van der Waals surface area contributed by atoms with Gasteiger partial charge in [0.05, 0.1) is 18.4 Å². The van der Waals surface area contributed by atoms with Crippen molar-refractivity contribution in [2.24, 2.45) is 0 Å². The van der Waals surface area contributed by atoms with Gasteiger partial charge in [-0.25, -0.2) is 9.97 Å². The summed E-state index contributed by atoms with van der Waals surface area (Å²) in [5.74, 6) is 2.29. The first-order chi connectivity index (χ1) is 15.2. The molecule has 172 valence electrons. The summed E-state index contributed by atoms with van der Waals surface area (Å²) in [4.78, 5) is 10.5. The normalized spacial score (nSPS) is 11.5. The molecule has 0 saturated heterocycles. The lowest BCUT2D eigenvalue weighted by molar-refractivity contribution is 0.0276. The van der Waals surface area contributed by atoms with Crippen LogP contribution in [0, 0.1) is 0 Å². The van der Waals surface area contributed by atoms with Crippen molar-refractivity contribution < 1.29 is 14.6 Å². The maximum absolute atomic E-state index is 10.0. The van der Waals surface area contributed by atoms with Gasteiger partial charge in [0.1, 0.15) is 22.5 Å². The number of anilines is 2. The van der Waals surface area contributed by atoms with Crippen LogP contribution in [-0.4, -0.2) is 34.4 Å². The topological polar surface area (TPSA) is 117 Å². The van der Waals surface area contributed by atoms with E-state index in [0.29, 0.717) is 28.8 Å². The lowest BCUT2D eigenvalue weighted by atomic mass is 10.1. The first-order valence-electron chi connectivity index (χ1n) is 10.4. The fraction of sp³-hybridized carbons (Fsp3) is 0.391. The summed E-state index contributed by atoms with van der Waals surface area (Å²) >= 11 is 3.26. The van der Waals surface area contributed by atoms with Crippen molar-refractivity contribution in [1.82, 2.24) is 9.97 Å². The Hall–Kier alpha value is -2.49. The van der Waals surface area contributed by atoms with Crippen LogP contribution in [-0.2, 0) is 12.2 Å². The van der Waals surface area contributed by atoms with Crippen LogP contribution in [0.1, 0.15) is 37.8 Å². The van der Waals surface area contributed by atoms with E-state index in [1.807, 2.05) is 24.3 Å². The number of ether oxygens (including phenoxy) is 2. The highest BCUT2D eigenvalue weighted by Crippen LogP contribution is 2.37. The van der Waals surface area contributed by atoms with Crippen molar-refractivity contribution in [3.63, 3.8) is 0 Å². The zero-order valence-electron chi connectivity index (χ0n) is 18.8. The minimum Gasteiger partial charge on any atom is -0.493 e. The Bertz CT molecular complexity index is 1040. The molecule has 0 fully saturated rings. The molecule has 0 radical (unpaired) electrons. The van der Waals surface area contributed by atoms with Gasteiger partial charge in [-0.1, -0.05) is 25.1 Å². The predicted octanol–water partition coefficient (Wildman–Crippen LogP) is 4.77. The third-order valence-corrected chi connectivity index (χ3v) is 6.58. The fourth-order valence-electron chi connectivity index (χ4n) is 2.98. The molecule has 5 N–H and O–H groups in total. The molecule has 0 atom stereocenters. The summed E-state index contributed by atoms with van der Waals surface area (Å²) in [7, 11) is 1.60. The van der Waals surface area contributed by atoms with Crippen molar-refractivity contribution in [2.75, 3.05) is 25.2 Å². The van der Waals surface area contributed by atoms with Crippen LogP contribution < -0.4 is 20.9 Å². The molecular weight excluding hydrogens is 444 g/mol. The molecule has 0 bridgehead atoms. The van der Waals surface area contributed by atoms with Gasteiger partial charge < -0.3 is 26.0 Å². The molecule has 2 aromatic heterocycles. The van der Waals surface area contributed by atoms with E-state index in [4.69, 9.17) is 25.9 Å². The molecule has 0 aliphatic rings. The summed E-state index contributed by atoms with van der Waals surface area (Å²) in [6, 6.07) is 9.22. The number of hydrogen-bond donors (Lipinski definition) is 3. The number of nitrogens with two attached hydrogens (primary N) is 2. The number of nitrogen functional groups attached to an aromatic ring is 2. The molecule has 1 aromatic carbocycles. The highest BCUT2D eigenvalue weighted by molar-refractivity contribution is 7.98. The Morgan fingerprint density at radius 2 is 1.91 bits per heavy atom. The molecule has 32 heavy (non-hydrogen) atoms. The van der Waals surface area contributed by atoms with Gasteiger partial charge in [0.2, 0.25) is 0 Å². The average molecular weight is 475 g/mol. The zero-order chi connectivity index (χ0) is 23.3. The first kappa shape index (κ1) is 24.2. The molecule has 3 rings (SSSR count). The van der Waals surface area contributed by atoms with E-state index in [0.717, 1.165) is 34.1 Å². The Morgan fingerprint density at radius 1 is 1.12 bits per heavy atom. The quantitative estimate of drug-likeness (QED) is 0.360. The molecule has 0 unspecified atom stereocenters. The third kappa shape index (κ3) is 6.51. The Balaban J connectivity index is 1.86. The van der Waals surface area contributed by atoms with Crippen molar-refractivity contribution in [2.45, 2.75) is 50.0 Å². The van der Waals surface area contributed by atoms with E-state index < -0.39 is 5.60 Å². The number of thiazole rings is 1. The van der Waals surface area contributed by atoms with E-state index in [1.54, 1.807) is 50.1 Å². The maximum atomic E-state index is 10.0. The number of methoxy groups -OCH3 is 1. The van der Waals surface area contributed by atoms with Crippen molar-refractivity contribution >= 4 is 34.6 Å². The molecule has 7 nitrogen and oxygen atoms in total. The molecular formula is C23H30N4O3S2. The van der Waals surface area contributed by atoms with Crippen molar-refractivity contribution in [3.8, 4) is 22.1 Å². The monoisotopic (exact) mass is 474 g/mol. The molecule has 0 aliphatic heterocycles. The van der Waals surface area contributed by atoms with Crippen LogP contribution in [0.2, 0.25) is 0 Å². The summed E-state index contributed by atoms with van der Waals surface area (Å²) < 4.78 is 11.3. The van der Waals surface area contributed by atoms with E-state index in [-0.39, 0.29) is 6.61 Å². The summed E-state index contributed by atoms with van der Waals surface area (Å²) in [6.07, 6.45) is 1.99. The zero-order valence-corrected chi connectivity index (χ0v) is 20.5. The minimum atomic E-state index is -0.945. The second-order valence-electron chi connectivity index (χ2n) is 8.06. The molecule has 0 aliphatic carbocycles. The molecule has 3 aromatic rings. The van der Waals surface area contributed by atoms with Crippen LogP contribution >= 0.6 is 23.1 Å². The van der Waals surface area contributed by atoms with Crippen LogP contribution in [0.15, 0.2) is 35.4 Å². The van der Waals surface area contributed by atoms with Crippen LogP contribution in [0.4, 0.5) is 11.5 Å². The number of aliphatic hydroxyl groups is 1. The number of aromatic nitrogens is 2. The largest absolute Gasteiger partial charge is 0.493 e. The van der Waals surface area contributed by atoms with E-state index >= 15 is 0 Å². The molecule has 0 saturated carbocycles. The Labute approximate surface area is 197 Å². The van der Waals surface area contributed by atoms with Crippen LogP contribution in [0.25, 0.3) is 10.6 Å². The molecule has 0 spiro atoms. The predicted molar refractivity (Wildman–Crippen MR) is 133 cm³/mol. The summed E-state index contributed by atoms with van der Waals surface area (Å²) in [5, 5.41) is 11.7. The van der Waals surface area contributed by atoms with Gasteiger partial charge in [-0.2, -0.15) is 0 Å². The van der Waals surface area contributed by atoms with Crippen LogP contribution in [0.3, 0.4) is 0 Å². The lowest BCUT2D eigenvalue weighted by Gasteiger charge is -2.19. The van der Waals surface area contributed by atoms with Crippen molar-refractivity contribution in [1.29, 1.82) is 0 Å². The number of pyridine rings is 1. The molecule has 0 amide bonds. The fourth-order valence-corrected chi connectivity index (χ4v) is 5.16. The maximum Gasteiger partial charge on any atom is 0.162 e. The highest BCUT2D eigenvalue weighted by Gasteiger charge is 2.18. The van der Waals surface area contributed by atoms with E-state index in [9.17, 15) is 5.11 Å². The van der Waals surface area contributed by atoms with Gasteiger partial charge in [-0.15, -0.1) is 11.3 Å². The van der Waals surface area contributed by atoms with Gasteiger partial charge in [-0.3, -0.25) is 0 Å². The van der Waals surface area contributed by atoms with Gasteiger partial charge in [-0.05, 0) is 44.5 Å². The number of nitrogens with zero attached hydrogens (tertiary/aromatic N) is 2. The second kappa shape index (κ2) is 10.4. The van der Waals surface area contributed by atoms with Gasteiger partial charge in [0, 0.05) is 27.9 Å². The summed E-state index contributed by atoms with van der Waals surface area (Å²) in [5.41, 5.74) is 13.3. The molecule has 2 heterocycles. The SMILES string of the molecule is CCCc1sc(-c2ccc(OC)c(OCC(C)(C)O)c2)nc1CSc1cc(N)cc(N)n1. The van der Waals surface area contributed by atoms with Gasteiger partial charge >= 0.3 is 0 Å². The average Bonchev–Trinajstić information content (AvgIpc) is 3.12. The van der Waals surface area contributed by atoms with Crippen LogP contribution in [0.5, 0.6) is 11.5 Å². The Morgan fingerprint density at radius 3 is 2.56 bits per heavy atom. The number of rotatable bonds is 10. The number of hydrogen-bond acceptors (Lipinski definition) is 9. The Kier molecular flexibility index (Phi) is 7.86. The lowest BCUT2D eigenvalue weighted by Crippen LogP contribution is -2.27. The summed E-state index contributed by atoms with van der Waals surface area (Å²) in [6.45, 7) is 5.72. The number of aryl methyl sites for hydroxylation is 1. The van der Waals surface area contributed by atoms with Gasteiger partial charge in [0.25, 0.3) is 0 Å². The standard InChI is InChI=1S/C23H30N4O3S2/c1-5-6-19-16(12-31-21-11-15(24)10-20(25)27-21)26-22(32-19)14-7-8-17(29-4)18(9-14)30-13-23(2,3)28/h7-11,28H,5-6,12-13H2,1-4H3,(H4,24,25,27). The second-order valence-corrected chi connectivity index (χ2v) is 10.1. The number of thioether (sulfide) groups is 1. The third-order valence-electron chi connectivity index (χ3n) is 4.45. The smallest absolute Gasteiger partial charge is 0.162 e.